The van der Waals surface area contributed by atoms with Crippen LogP contribution in [0.15, 0.2) is 23.2 Å². The van der Waals surface area contributed by atoms with Crippen molar-refractivity contribution >= 4 is 53.1 Å². The van der Waals surface area contributed by atoms with Crippen LogP contribution in [0, 0.1) is 0 Å². The van der Waals surface area contributed by atoms with Gasteiger partial charge in [0.1, 0.15) is 0 Å². The standard InChI is InChI=1S/C20H33Cl2N5O.HI/c1-3-23-20(24-6-4-8-27-9-5-7-26(2)10-11-27)25-15-19(28)16-12-17(21)14-18(22)13-16;/h12-14,19,28H,3-11,15H2,1-2H3,(H2,23,24,25);1H. The summed E-state index contributed by atoms with van der Waals surface area (Å²) in [6.07, 6.45) is 1.54. The zero-order valence-electron chi connectivity index (χ0n) is 17.3. The highest BCUT2D eigenvalue weighted by molar-refractivity contribution is 14.0. The molecule has 29 heavy (non-hydrogen) atoms. The fourth-order valence-corrected chi connectivity index (χ4v) is 3.77. The van der Waals surface area contributed by atoms with E-state index in [0.717, 1.165) is 39.1 Å². The summed E-state index contributed by atoms with van der Waals surface area (Å²) in [5, 5.41) is 18.0. The minimum atomic E-state index is -0.749. The van der Waals surface area contributed by atoms with Gasteiger partial charge in [0.05, 0.1) is 12.6 Å². The number of likely N-dealkylation sites (N-methyl/N-ethyl adjacent to an activating group) is 1. The van der Waals surface area contributed by atoms with Crippen LogP contribution in [0.1, 0.15) is 31.4 Å². The number of aliphatic hydroxyl groups excluding tert-OH is 1. The lowest BCUT2D eigenvalue weighted by Gasteiger charge is -2.20. The van der Waals surface area contributed by atoms with E-state index in [1.807, 2.05) is 6.92 Å². The summed E-state index contributed by atoms with van der Waals surface area (Å²) in [6, 6.07) is 5.08. The van der Waals surface area contributed by atoms with E-state index in [9.17, 15) is 5.11 Å². The molecule has 1 saturated heterocycles. The Morgan fingerprint density at radius 1 is 1.14 bits per heavy atom. The molecule has 0 aliphatic carbocycles. The van der Waals surface area contributed by atoms with Gasteiger partial charge >= 0.3 is 0 Å². The van der Waals surface area contributed by atoms with E-state index in [-0.39, 0.29) is 30.5 Å². The number of hydrogen-bond acceptors (Lipinski definition) is 4. The molecule has 0 spiro atoms. The SMILES string of the molecule is CCNC(=NCC(O)c1cc(Cl)cc(Cl)c1)NCCCN1CCCN(C)CC1.I. The number of nitrogens with zero attached hydrogens (tertiary/aromatic N) is 3. The van der Waals surface area contributed by atoms with Crippen LogP contribution in [0.5, 0.6) is 0 Å². The molecule has 9 heteroatoms. The molecule has 1 aliphatic rings. The van der Waals surface area contributed by atoms with Crippen LogP contribution < -0.4 is 10.6 Å². The van der Waals surface area contributed by atoms with E-state index in [4.69, 9.17) is 23.2 Å². The molecular formula is C20H34Cl2IN5O. The van der Waals surface area contributed by atoms with Gasteiger partial charge in [0.15, 0.2) is 5.96 Å². The lowest BCUT2D eigenvalue weighted by atomic mass is 10.1. The van der Waals surface area contributed by atoms with Crippen molar-refractivity contribution in [3.8, 4) is 0 Å². The van der Waals surface area contributed by atoms with Crippen molar-refractivity contribution in [3.05, 3.63) is 33.8 Å². The van der Waals surface area contributed by atoms with Crippen molar-refractivity contribution in [1.29, 1.82) is 0 Å². The van der Waals surface area contributed by atoms with Gasteiger partial charge in [-0.05, 0) is 70.2 Å². The minimum Gasteiger partial charge on any atom is -0.386 e. The van der Waals surface area contributed by atoms with Gasteiger partial charge in [-0.1, -0.05) is 23.2 Å². The Morgan fingerprint density at radius 2 is 1.86 bits per heavy atom. The summed E-state index contributed by atoms with van der Waals surface area (Å²) in [4.78, 5) is 9.42. The van der Waals surface area contributed by atoms with Crippen molar-refractivity contribution in [2.75, 3.05) is 59.4 Å². The molecule has 1 aromatic carbocycles. The summed E-state index contributed by atoms with van der Waals surface area (Å²) >= 11 is 12.0. The Balaban J connectivity index is 0.00000420. The van der Waals surface area contributed by atoms with E-state index in [0.29, 0.717) is 21.6 Å². The van der Waals surface area contributed by atoms with E-state index >= 15 is 0 Å². The van der Waals surface area contributed by atoms with Gasteiger partial charge in [0.25, 0.3) is 0 Å². The Labute approximate surface area is 202 Å². The zero-order valence-corrected chi connectivity index (χ0v) is 21.2. The Kier molecular flexibility index (Phi) is 13.5. The molecule has 0 aromatic heterocycles. The van der Waals surface area contributed by atoms with Crippen molar-refractivity contribution in [3.63, 3.8) is 0 Å². The first-order chi connectivity index (χ1) is 13.5. The van der Waals surface area contributed by atoms with Gasteiger partial charge in [0, 0.05) is 36.2 Å². The Bertz CT molecular complexity index is 615. The predicted octanol–water partition coefficient (Wildman–Crippen LogP) is 3.23. The molecular weight excluding hydrogens is 524 g/mol. The lowest BCUT2D eigenvalue weighted by molar-refractivity contribution is 0.187. The number of benzene rings is 1. The third-order valence-corrected chi connectivity index (χ3v) is 5.23. The molecule has 6 nitrogen and oxygen atoms in total. The number of aliphatic imine (C=N–C) groups is 1. The molecule has 2 rings (SSSR count). The topological polar surface area (TPSA) is 63.1 Å². The van der Waals surface area contributed by atoms with Gasteiger partial charge in [-0.2, -0.15) is 0 Å². The molecule has 1 aliphatic heterocycles. The van der Waals surface area contributed by atoms with E-state index < -0.39 is 6.10 Å². The quantitative estimate of drug-likeness (QED) is 0.198. The third kappa shape index (κ3) is 10.5. The third-order valence-electron chi connectivity index (χ3n) is 4.79. The molecule has 1 fully saturated rings. The molecule has 166 valence electrons. The number of rotatable bonds is 8. The number of halogens is 3. The number of aliphatic hydroxyl groups is 1. The van der Waals surface area contributed by atoms with Crippen LogP contribution >= 0.6 is 47.2 Å². The highest BCUT2D eigenvalue weighted by atomic mass is 127. The second kappa shape index (κ2) is 14.6. The highest BCUT2D eigenvalue weighted by Gasteiger charge is 2.12. The maximum absolute atomic E-state index is 10.4. The number of guanidine groups is 1. The molecule has 1 unspecified atom stereocenters. The average Bonchev–Trinajstić information content (AvgIpc) is 2.86. The summed E-state index contributed by atoms with van der Waals surface area (Å²) in [5.74, 6) is 0.713. The van der Waals surface area contributed by atoms with Crippen LogP contribution in [-0.2, 0) is 0 Å². The highest BCUT2D eigenvalue weighted by Crippen LogP contribution is 2.23. The fraction of sp³-hybridized carbons (Fsp3) is 0.650. The normalized spacial score (nSPS) is 17.3. The summed E-state index contributed by atoms with van der Waals surface area (Å²) in [6.45, 7) is 9.61. The first-order valence-electron chi connectivity index (χ1n) is 10.0. The molecule has 1 atom stereocenters. The van der Waals surface area contributed by atoms with E-state index in [1.165, 1.54) is 19.5 Å². The first-order valence-corrected chi connectivity index (χ1v) is 10.8. The molecule has 1 aromatic rings. The van der Waals surface area contributed by atoms with Crippen LogP contribution in [0.4, 0.5) is 0 Å². The Morgan fingerprint density at radius 3 is 2.55 bits per heavy atom. The number of nitrogens with one attached hydrogen (secondary N) is 2. The van der Waals surface area contributed by atoms with Crippen LogP contribution in [0.3, 0.4) is 0 Å². The van der Waals surface area contributed by atoms with Gasteiger partial charge in [-0.25, -0.2) is 0 Å². The van der Waals surface area contributed by atoms with Gasteiger partial charge < -0.3 is 25.5 Å². The predicted molar refractivity (Wildman–Crippen MR) is 134 cm³/mol. The molecule has 3 N–H and O–H groups in total. The van der Waals surface area contributed by atoms with Gasteiger partial charge in [-0.3, -0.25) is 4.99 Å². The largest absolute Gasteiger partial charge is 0.386 e. The van der Waals surface area contributed by atoms with Gasteiger partial charge in [-0.15, -0.1) is 24.0 Å². The summed E-state index contributed by atoms with van der Waals surface area (Å²) in [7, 11) is 2.19. The first kappa shape index (κ1) is 26.7. The molecule has 0 amide bonds. The second-order valence-corrected chi connectivity index (χ2v) is 8.09. The van der Waals surface area contributed by atoms with Crippen LogP contribution in [0.2, 0.25) is 10.0 Å². The van der Waals surface area contributed by atoms with Crippen molar-refractivity contribution in [1.82, 2.24) is 20.4 Å². The van der Waals surface area contributed by atoms with Crippen molar-refractivity contribution in [2.24, 2.45) is 4.99 Å². The monoisotopic (exact) mass is 557 g/mol. The Hall–Kier alpha value is -0.320. The molecule has 0 radical (unpaired) electrons. The van der Waals surface area contributed by atoms with Crippen LogP contribution in [-0.4, -0.2) is 80.3 Å². The number of hydrogen-bond donors (Lipinski definition) is 3. The molecule has 1 heterocycles. The van der Waals surface area contributed by atoms with E-state index in [1.54, 1.807) is 18.2 Å². The summed E-state index contributed by atoms with van der Waals surface area (Å²) in [5.41, 5.74) is 0.670. The van der Waals surface area contributed by atoms with E-state index in [2.05, 4.69) is 32.5 Å². The molecule has 0 bridgehead atoms. The minimum absolute atomic E-state index is 0. The maximum atomic E-state index is 10.4. The lowest BCUT2D eigenvalue weighted by Crippen LogP contribution is -2.39. The fourth-order valence-electron chi connectivity index (χ4n) is 3.23. The smallest absolute Gasteiger partial charge is 0.191 e. The van der Waals surface area contributed by atoms with Crippen LogP contribution in [0.25, 0.3) is 0 Å². The zero-order chi connectivity index (χ0) is 20.4. The average molecular weight is 558 g/mol. The second-order valence-electron chi connectivity index (χ2n) is 7.22. The molecule has 0 saturated carbocycles. The van der Waals surface area contributed by atoms with Crippen molar-refractivity contribution < 1.29 is 5.11 Å². The maximum Gasteiger partial charge on any atom is 0.191 e. The van der Waals surface area contributed by atoms with Gasteiger partial charge in [0.2, 0.25) is 0 Å². The summed E-state index contributed by atoms with van der Waals surface area (Å²) < 4.78 is 0. The van der Waals surface area contributed by atoms with Crippen molar-refractivity contribution in [2.45, 2.75) is 25.9 Å².